The quantitative estimate of drug-likeness (QED) is 0.757. The van der Waals surface area contributed by atoms with Gasteiger partial charge in [0.1, 0.15) is 10.8 Å². The van der Waals surface area contributed by atoms with Gasteiger partial charge in [-0.15, -0.1) is 11.3 Å². The molecule has 2 aromatic rings. The van der Waals surface area contributed by atoms with Gasteiger partial charge in [-0.25, -0.2) is 9.18 Å². The minimum absolute atomic E-state index is 0.316. The molecule has 0 unspecified atom stereocenters. The van der Waals surface area contributed by atoms with Gasteiger partial charge in [0, 0.05) is 17.5 Å². The van der Waals surface area contributed by atoms with Gasteiger partial charge in [-0.3, -0.25) is 4.79 Å². The summed E-state index contributed by atoms with van der Waals surface area (Å²) in [4.78, 5) is 26.8. The molecule has 1 aromatic carbocycles. The Kier molecular flexibility index (Phi) is 5.99. The fourth-order valence-corrected chi connectivity index (χ4v) is 4.20. The van der Waals surface area contributed by atoms with Crippen LogP contribution >= 0.6 is 11.3 Å². The zero-order valence-corrected chi connectivity index (χ0v) is 16.6. The minimum atomic E-state index is -0.351. The largest absolute Gasteiger partial charge is 0.450 e. The highest BCUT2D eigenvalue weighted by Crippen LogP contribution is 2.39. The van der Waals surface area contributed by atoms with Crippen molar-refractivity contribution in [1.82, 2.24) is 4.90 Å². The summed E-state index contributed by atoms with van der Waals surface area (Å²) in [5.74, 6) is -0.667. The van der Waals surface area contributed by atoms with Crippen molar-refractivity contribution in [1.29, 1.82) is 0 Å². The number of rotatable bonds is 4. The lowest BCUT2D eigenvalue weighted by molar-refractivity contribution is -0.111. The van der Waals surface area contributed by atoms with Crippen molar-refractivity contribution in [2.24, 2.45) is 0 Å². The molecule has 0 spiro atoms. The van der Waals surface area contributed by atoms with Gasteiger partial charge in [-0.05, 0) is 49.1 Å². The number of benzene rings is 1. The second-order valence-corrected chi connectivity index (χ2v) is 7.50. The maximum Gasteiger partial charge on any atom is 0.410 e. The molecule has 1 aliphatic heterocycles. The Morgan fingerprint density at radius 1 is 1.43 bits per heavy atom. The summed E-state index contributed by atoms with van der Waals surface area (Å²) >= 11 is 1.36. The van der Waals surface area contributed by atoms with Crippen LogP contribution in [0.2, 0.25) is 0 Å². The molecule has 0 fully saturated rings. The first-order valence-electron chi connectivity index (χ1n) is 8.96. The summed E-state index contributed by atoms with van der Waals surface area (Å²) in [5, 5.41) is 3.34. The molecule has 148 valence electrons. The first kappa shape index (κ1) is 19.9. The van der Waals surface area contributed by atoms with Crippen LogP contribution in [0.4, 0.5) is 19.9 Å². The summed E-state index contributed by atoms with van der Waals surface area (Å²) < 4.78 is 18.6. The van der Waals surface area contributed by atoms with Crippen LogP contribution in [0.5, 0.6) is 0 Å². The molecular weight excluding hydrogens is 381 g/mol. The molecule has 0 atom stereocenters. The van der Waals surface area contributed by atoms with Gasteiger partial charge >= 0.3 is 6.09 Å². The van der Waals surface area contributed by atoms with Crippen LogP contribution in [0.25, 0.3) is 6.08 Å². The van der Waals surface area contributed by atoms with Gasteiger partial charge in [-0.1, -0.05) is 12.1 Å². The van der Waals surface area contributed by atoms with E-state index in [-0.39, 0.29) is 17.8 Å². The molecule has 0 bridgehead atoms. The van der Waals surface area contributed by atoms with Gasteiger partial charge < -0.3 is 20.7 Å². The van der Waals surface area contributed by atoms with Crippen LogP contribution in [0.3, 0.4) is 0 Å². The summed E-state index contributed by atoms with van der Waals surface area (Å²) in [6, 6.07) is 4.72. The number of halogens is 1. The molecular formula is C20H22FN3O3S. The van der Waals surface area contributed by atoms with Gasteiger partial charge in [0.25, 0.3) is 0 Å². The number of ether oxygens (including phenoxy) is 1. The number of carbonyl (C=O) groups is 2. The number of nitrogens with one attached hydrogen (secondary N) is 1. The summed E-state index contributed by atoms with van der Waals surface area (Å²) in [7, 11) is 0. The highest BCUT2D eigenvalue weighted by atomic mass is 32.1. The van der Waals surface area contributed by atoms with E-state index in [0.29, 0.717) is 47.9 Å². The second-order valence-electron chi connectivity index (χ2n) is 6.39. The molecule has 0 radical (unpaired) electrons. The Balaban J connectivity index is 1.70. The Morgan fingerprint density at radius 2 is 2.21 bits per heavy atom. The van der Waals surface area contributed by atoms with Crippen LogP contribution in [0, 0.1) is 12.7 Å². The summed E-state index contributed by atoms with van der Waals surface area (Å²) in [6.07, 6.45) is 3.19. The van der Waals surface area contributed by atoms with E-state index in [0.717, 1.165) is 10.4 Å². The molecule has 0 aliphatic carbocycles. The van der Waals surface area contributed by atoms with Crippen molar-refractivity contribution in [2.45, 2.75) is 26.8 Å². The Bertz CT molecular complexity index is 939. The van der Waals surface area contributed by atoms with E-state index in [1.807, 2.05) is 0 Å². The SMILES string of the molecule is CCOC(=O)N1CCc2c(sc(NC(=O)/C=C/c3cccc(F)c3C)c2N)C1. The lowest BCUT2D eigenvalue weighted by atomic mass is 10.1. The van der Waals surface area contributed by atoms with Crippen molar-refractivity contribution < 1.29 is 18.7 Å². The predicted octanol–water partition coefficient (Wildman–Crippen LogP) is 3.94. The molecule has 2 heterocycles. The van der Waals surface area contributed by atoms with Gasteiger partial charge in [0.15, 0.2) is 0 Å². The molecule has 8 heteroatoms. The zero-order valence-electron chi connectivity index (χ0n) is 15.8. The minimum Gasteiger partial charge on any atom is -0.450 e. The standard InChI is InChI=1S/C20H22FN3O3S/c1-3-27-20(26)24-10-9-14-16(11-24)28-19(18(14)22)23-17(25)8-7-13-5-4-6-15(21)12(13)2/h4-8H,3,9-11,22H2,1-2H3,(H,23,25)/b8-7+. The van der Waals surface area contributed by atoms with Crippen LogP contribution in [-0.2, 0) is 22.5 Å². The van der Waals surface area contributed by atoms with Crippen molar-refractivity contribution in [3.63, 3.8) is 0 Å². The van der Waals surface area contributed by atoms with Crippen molar-refractivity contribution in [2.75, 3.05) is 24.2 Å². The third kappa shape index (κ3) is 4.17. The highest BCUT2D eigenvalue weighted by molar-refractivity contribution is 7.17. The molecule has 2 amide bonds. The molecule has 1 aliphatic rings. The number of carbonyl (C=O) groups excluding carboxylic acids is 2. The van der Waals surface area contributed by atoms with E-state index in [1.54, 1.807) is 37.0 Å². The zero-order chi connectivity index (χ0) is 20.3. The first-order valence-corrected chi connectivity index (χ1v) is 9.78. The fourth-order valence-electron chi connectivity index (χ4n) is 3.02. The third-order valence-corrected chi connectivity index (χ3v) is 5.73. The number of fused-ring (bicyclic) bond motifs is 1. The smallest absolute Gasteiger partial charge is 0.410 e. The van der Waals surface area contributed by atoms with E-state index in [4.69, 9.17) is 10.5 Å². The van der Waals surface area contributed by atoms with E-state index in [9.17, 15) is 14.0 Å². The van der Waals surface area contributed by atoms with Crippen LogP contribution in [0.15, 0.2) is 24.3 Å². The molecule has 6 nitrogen and oxygen atoms in total. The lowest BCUT2D eigenvalue weighted by Crippen LogP contribution is -2.35. The number of hydrogen-bond donors (Lipinski definition) is 2. The number of anilines is 2. The maximum atomic E-state index is 13.6. The molecule has 3 rings (SSSR count). The fraction of sp³-hybridized carbons (Fsp3) is 0.300. The van der Waals surface area contributed by atoms with Gasteiger partial charge in [-0.2, -0.15) is 0 Å². The molecule has 0 saturated carbocycles. The average molecular weight is 403 g/mol. The van der Waals surface area contributed by atoms with Gasteiger partial charge in [0.05, 0.1) is 18.8 Å². The molecule has 1 aromatic heterocycles. The summed E-state index contributed by atoms with van der Waals surface area (Å²) in [5.41, 5.74) is 8.81. The maximum absolute atomic E-state index is 13.6. The van der Waals surface area contributed by atoms with Crippen LogP contribution in [-0.4, -0.2) is 30.1 Å². The number of thiophene rings is 1. The number of nitrogens with zero attached hydrogens (tertiary/aromatic N) is 1. The second kappa shape index (κ2) is 8.43. The monoisotopic (exact) mass is 403 g/mol. The normalized spacial score (nSPS) is 13.5. The van der Waals surface area contributed by atoms with E-state index >= 15 is 0 Å². The first-order chi connectivity index (χ1) is 13.4. The van der Waals surface area contributed by atoms with Crippen molar-refractivity contribution in [3.05, 3.63) is 51.7 Å². The van der Waals surface area contributed by atoms with Crippen LogP contribution in [0.1, 0.15) is 28.5 Å². The van der Waals surface area contributed by atoms with E-state index < -0.39 is 0 Å². The predicted molar refractivity (Wildman–Crippen MR) is 109 cm³/mol. The van der Waals surface area contributed by atoms with E-state index in [1.165, 1.54) is 23.5 Å². The molecule has 0 saturated heterocycles. The number of amides is 2. The third-order valence-electron chi connectivity index (χ3n) is 4.58. The summed E-state index contributed by atoms with van der Waals surface area (Å²) in [6.45, 7) is 4.69. The van der Waals surface area contributed by atoms with Gasteiger partial charge in [0.2, 0.25) is 5.91 Å². The Labute approximate surface area is 166 Å². The molecule has 3 N–H and O–H groups in total. The number of nitrogen functional groups attached to an aromatic ring is 1. The van der Waals surface area contributed by atoms with E-state index in [2.05, 4.69) is 5.32 Å². The number of hydrogen-bond acceptors (Lipinski definition) is 5. The Morgan fingerprint density at radius 3 is 2.96 bits per heavy atom. The number of nitrogens with two attached hydrogens (primary N) is 1. The topological polar surface area (TPSA) is 84.7 Å². The lowest BCUT2D eigenvalue weighted by Gasteiger charge is -2.26. The molecule has 28 heavy (non-hydrogen) atoms. The highest BCUT2D eigenvalue weighted by Gasteiger charge is 2.26. The Hall–Kier alpha value is -2.87. The van der Waals surface area contributed by atoms with Crippen molar-refractivity contribution in [3.8, 4) is 0 Å². The average Bonchev–Trinajstić information content (AvgIpc) is 2.98. The van der Waals surface area contributed by atoms with Crippen molar-refractivity contribution >= 4 is 40.1 Å². The van der Waals surface area contributed by atoms with Crippen LogP contribution < -0.4 is 11.1 Å².